The SMILES string of the molecule is C#Cc1nnc2cc(C)ccc2c1C(C)C. The average Bonchev–Trinajstić information content (AvgIpc) is 2.26. The van der Waals surface area contributed by atoms with Crippen molar-refractivity contribution < 1.29 is 0 Å². The Hall–Kier alpha value is -1.88. The van der Waals surface area contributed by atoms with Gasteiger partial charge in [-0.25, -0.2) is 0 Å². The van der Waals surface area contributed by atoms with E-state index in [-0.39, 0.29) is 0 Å². The lowest BCUT2D eigenvalue weighted by molar-refractivity contribution is 0.851. The van der Waals surface area contributed by atoms with E-state index in [9.17, 15) is 0 Å². The van der Waals surface area contributed by atoms with Crippen LogP contribution in [-0.2, 0) is 0 Å². The van der Waals surface area contributed by atoms with E-state index in [0.717, 1.165) is 16.5 Å². The van der Waals surface area contributed by atoms with Crippen LogP contribution in [0.4, 0.5) is 0 Å². The molecule has 2 nitrogen and oxygen atoms in total. The van der Waals surface area contributed by atoms with Gasteiger partial charge in [-0.05, 0) is 30.4 Å². The Bertz CT molecular complexity index is 577. The Morgan fingerprint density at radius 3 is 2.62 bits per heavy atom. The highest BCUT2D eigenvalue weighted by atomic mass is 15.1. The molecule has 0 spiro atoms. The number of fused-ring (bicyclic) bond motifs is 1. The quantitative estimate of drug-likeness (QED) is 0.676. The predicted octanol–water partition coefficient (Wildman–Crippen LogP) is 3.04. The van der Waals surface area contributed by atoms with Crippen molar-refractivity contribution in [1.29, 1.82) is 0 Å². The minimum absolute atomic E-state index is 0.353. The van der Waals surface area contributed by atoms with Crippen molar-refractivity contribution in [3.63, 3.8) is 0 Å². The Morgan fingerprint density at radius 1 is 1.25 bits per heavy atom. The van der Waals surface area contributed by atoms with Crippen molar-refractivity contribution in [2.75, 3.05) is 0 Å². The van der Waals surface area contributed by atoms with Gasteiger partial charge in [-0.2, -0.15) is 0 Å². The lowest BCUT2D eigenvalue weighted by Gasteiger charge is -2.11. The zero-order chi connectivity index (χ0) is 11.7. The predicted molar refractivity (Wildman–Crippen MR) is 66.3 cm³/mol. The monoisotopic (exact) mass is 210 g/mol. The Balaban J connectivity index is 2.85. The third-order valence-corrected chi connectivity index (χ3v) is 2.67. The van der Waals surface area contributed by atoms with Crippen LogP contribution >= 0.6 is 0 Å². The molecule has 0 aliphatic heterocycles. The molecule has 2 aromatic rings. The van der Waals surface area contributed by atoms with E-state index in [1.54, 1.807) is 0 Å². The second kappa shape index (κ2) is 3.94. The maximum absolute atomic E-state index is 5.46. The van der Waals surface area contributed by atoms with Gasteiger partial charge >= 0.3 is 0 Å². The van der Waals surface area contributed by atoms with Crippen LogP contribution in [0.1, 0.15) is 36.6 Å². The van der Waals surface area contributed by atoms with E-state index in [1.165, 1.54) is 5.56 Å². The largest absolute Gasteiger partial charge is 0.149 e. The maximum Gasteiger partial charge on any atom is 0.139 e. The first kappa shape index (κ1) is 10.6. The minimum Gasteiger partial charge on any atom is -0.149 e. The van der Waals surface area contributed by atoms with E-state index in [2.05, 4.69) is 42.1 Å². The third kappa shape index (κ3) is 1.65. The number of benzene rings is 1. The number of terminal acetylenes is 1. The van der Waals surface area contributed by atoms with Crippen LogP contribution in [0.5, 0.6) is 0 Å². The first-order chi connectivity index (χ1) is 7.63. The molecule has 2 heteroatoms. The van der Waals surface area contributed by atoms with Gasteiger partial charge in [0.2, 0.25) is 0 Å². The molecule has 0 aliphatic rings. The lowest BCUT2D eigenvalue weighted by Crippen LogP contribution is -2.00. The Morgan fingerprint density at radius 2 is 2.00 bits per heavy atom. The highest BCUT2D eigenvalue weighted by Gasteiger charge is 2.12. The van der Waals surface area contributed by atoms with Crippen LogP contribution < -0.4 is 0 Å². The van der Waals surface area contributed by atoms with Crippen LogP contribution in [0.3, 0.4) is 0 Å². The van der Waals surface area contributed by atoms with Crippen LogP contribution in [0.25, 0.3) is 10.9 Å². The molecule has 0 amide bonds. The number of nitrogens with zero attached hydrogens (tertiary/aromatic N) is 2. The summed E-state index contributed by atoms with van der Waals surface area (Å²) in [6.07, 6.45) is 5.46. The van der Waals surface area contributed by atoms with Gasteiger partial charge in [-0.3, -0.25) is 0 Å². The molecule has 16 heavy (non-hydrogen) atoms. The van der Waals surface area contributed by atoms with E-state index in [4.69, 9.17) is 6.42 Å². The van der Waals surface area contributed by atoms with Gasteiger partial charge in [-0.15, -0.1) is 16.6 Å². The van der Waals surface area contributed by atoms with E-state index < -0.39 is 0 Å². The molecular weight excluding hydrogens is 196 g/mol. The van der Waals surface area contributed by atoms with Crippen molar-refractivity contribution in [3.05, 3.63) is 35.0 Å². The van der Waals surface area contributed by atoms with Crippen molar-refractivity contribution in [2.24, 2.45) is 0 Å². The lowest BCUT2D eigenvalue weighted by atomic mass is 9.96. The number of rotatable bonds is 1. The molecule has 1 aromatic carbocycles. The number of hydrogen-bond donors (Lipinski definition) is 0. The topological polar surface area (TPSA) is 25.8 Å². The van der Waals surface area contributed by atoms with Crippen LogP contribution in [0.2, 0.25) is 0 Å². The zero-order valence-corrected chi connectivity index (χ0v) is 9.78. The third-order valence-electron chi connectivity index (χ3n) is 2.67. The Kier molecular flexibility index (Phi) is 2.62. The zero-order valence-electron chi connectivity index (χ0n) is 9.78. The van der Waals surface area contributed by atoms with Crippen LogP contribution in [0, 0.1) is 19.3 Å². The molecule has 0 unspecified atom stereocenters. The van der Waals surface area contributed by atoms with Crippen molar-refractivity contribution in [1.82, 2.24) is 10.2 Å². The van der Waals surface area contributed by atoms with Gasteiger partial charge in [-0.1, -0.05) is 26.0 Å². The normalized spacial score (nSPS) is 10.7. The van der Waals surface area contributed by atoms with Gasteiger partial charge in [0.1, 0.15) is 5.69 Å². The molecule has 0 N–H and O–H groups in total. The smallest absolute Gasteiger partial charge is 0.139 e. The molecular formula is C14H14N2. The summed E-state index contributed by atoms with van der Waals surface area (Å²) in [5, 5.41) is 9.38. The summed E-state index contributed by atoms with van der Waals surface area (Å²) in [5.41, 5.74) is 3.88. The fraction of sp³-hybridized carbons (Fsp3) is 0.286. The second-order valence-electron chi connectivity index (χ2n) is 4.28. The standard InChI is InChI=1S/C14H14N2/c1-5-12-14(9(2)3)11-7-6-10(4)8-13(11)16-15-12/h1,6-9H,2-4H3. The van der Waals surface area contributed by atoms with Gasteiger partial charge in [0.15, 0.2) is 0 Å². The number of aromatic nitrogens is 2. The van der Waals surface area contributed by atoms with E-state index in [1.807, 2.05) is 13.0 Å². The molecule has 0 saturated carbocycles. The fourth-order valence-corrected chi connectivity index (χ4v) is 1.93. The highest BCUT2D eigenvalue weighted by Crippen LogP contribution is 2.26. The molecule has 0 saturated heterocycles. The summed E-state index contributed by atoms with van der Waals surface area (Å²) in [6, 6.07) is 6.19. The van der Waals surface area contributed by atoms with Gasteiger partial charge in [0.05, 0.1) is 5.52 Å². The van der Waals surface area contributed by atoms with Crippen molar-refractivity contribution >= 4 is 10.9 Å². The summed E-state index contributed by atoms with van der Waals surface area (Å²) >= 11 is 0. The van der Waals surface area contributed by atoms with Gasteiger partial charge in [0.25, 0.3) is 0 Å². The molecule has 0 aliphatic carbocycles. The minimum atomic E-state index is 0.353. The molecule has 1 aromatic heterocycles. The molecule has 2 rings (SSSR count). The average molecular weight is 210 g/mol. The van der Waals surface area contributed by atoms with Gasteiger partial charge < -0.3 is 0 Å². The van der Waals surface area contributed by atoms with E-state index >= 15 is 0 Å². The fourth-order valence-electron chi connectivity index (χ4n) is 1.93. The molecule has 0 radical (unpaired) electrons. The number of aryl methyl sites for hydroxylation is 1. The number of hydrogen-bond acceptors (Lipinski definition) is 2. The summed E-state index contributed by atoms with van der Waals surface area (Å²) in [6.45, 7) is 6.29. The summed E-state index contributed by atoms with van der Waals surface area (Å²) in [5.74, 6) is 2.96. The Labute approximate surface area is 95.7 Å². The van der Waals surface area contributed by atoms with Crippen molar-refractivity contribution in [2.45, 2.75) is 26.7 Å². The first-order valence-corrected chi connectivity index (χ1v) is 5.37. The molecule has 80 valence electrons. The summed E-state index contributed by atoms with van der Waals surface area (Å²) in [7, 11) is 0. The van der Waals surface area contributed by atoms with E-state index in [0.29, 0.717) is 11.6 Å². The molecule has 0 atom stereocenters. The molecule has 1 heterocycles. The molecule has 0 fully saturated rings. The maximum atomic E-state index is 5.46. The first-order valence-electron chi connectivity index (χ1n) is 5.37. The summed E-state index contributed by atoms with van der Waals surface area (Å²) in [4.78, 5) is 0. The summed E-state index contributed by atoms with van der Waals surface area (Å²) < 4.78 is 0. The van der Waals surface area contributed by atoms with Crippen LogP contribution in [-0.4, -0.2) is 10.2 Å². The van der Waals surface area contributed by atoms with Crippen molar-refractivity contribution in [3.8, 4) is 12.3 Å². The van der Waals surface area contributed by atoms with Gasteiger partial charge in [0, 0.05) is 10.9 Å². The molecule has 0 bridgehead atoms. The highest BCUT2D eigenvalue weighted by molar-refractivity contribution is 5.84. The second-order valence-corrected chi connectivity index (χ2v) is 4.28. The van der Waals surface area contributed by atoms with Crippen LogP contribution in [0.15, 0.2) is 18.2 Å².